The van der Waals surface area contributed by atoms with Gasteiger partial charge in [-0.25, -0.2) is 4.98 Å². The number of carbonyl (C=O) groups is 1. The van der Waals surface area contributed by atoms with Crippen molar-refractivity contribution in [1.29, 1.82) is 0 Å². The third-order valence-corrected chi connectivity index (χ3v) is 4.51. The van der Waals surface area contributed by atoms with E-state index in [1.54, 1.807) is 6.33 Å². The minimum Gasteiger partial charge on any atom is -0.485 e. The predicted molar refractivity (Wildman–Crippen MR) is 82.2 cm³/mol. The maximum atomic E-state index is 12.5. The smallest absolute Gasteiger partial charge is 0.272 e. The molecule has 2 aromatic rings. The van der Waals surface area contributed by atoms with Gasteiger partial charge in [0, 0.05) is 6.04 Å². The highest BCUT2D eigenvalue weighted by Gasteiger charge is 2.26. The molecule has 0 bridgehead atoms. The summed E-state index contributed by atoms with van der Waals surface area (Å²) in [7, 11) is 0. The van der Waals surface area contributed by atoms with E-state index in [1.807, 2.05) is 28.8 Å². The van der Waals surface area contributed by atoms with Crippen molar-refractivity contribution in [3.8, 4) is 11.4 Å². The van der Waals surface area contributed by atoms with E-state index in [-0.39, 0.29) is 11.9 Å². The second-order valence-corrected chi connectivity index (χ2v) is 5.97. The van der Waals surface area contributed by atoms with E-state index >= 15 is 0 Å². The van der Waals surface area contributed by atoms with Gasteiger partial charge in [0.2, 0.25) is 0 Å². The van der Waals surface area contributed by atoms with Gasteiger partial charge >= 0.3 is 0 Å². The molecule has 2 heterocycles. The number of rotatable bonds is 2. The van der Waals surface area contributed by atoms with Gasteiger partial charge < -0.3 is 10.1 Å². The molecule has 1 saturated carbocycles. The van der Waals surface area contributed by atoms with Crippen LogP contribution < -0.4 is 10.1 Å². The Morgan fingerprint density at radius 2 is 2.05 bits per heavy atom. The van der Waals surface area contributed by atoms with Gasteiger partial charge in [0.15, 0.2) is 5.69 Å². The van der Waals surface area contributed by atoms with Crippen molar-refractivity contribution >= 4 is 5.91 Å². The maximum absolute atomic E-state index is 12.5. The number of carbonyl (C=O) groups excluding carboxylic acids is 1. The van der Waals surface area contributed by atoms with Crippen molar-refractivity contribution < 1.29 is 9.53 Å². The highest BCUT2D eigenvalue weighted by Crippen LogP contribution is 2.30. The number of ether oxygens (including phenoxy) is 1. The van der Waals surface area contributed by atoms with E-state index in [4.69, 9.17) is 4.74 Å². The summed E-state index contributed by atoms with van der Waals surface area (Å²) in [6, 6.07) is 8.09. The molecular formula is C17H19N3O2. The van der Waals surface area contributed by atoms with E-state index in [2.05, 4.69) is 10.3 Å². The number of hydrogen-bond acceptors (Lipinski definition) is 3. The predicted octanol–water partition coefficient (Wildman–Crippen LogP) is 2.83. The third kappa shape index (κ3) is 2.26. The number of benzene rings is 1. The number of para-hydroxylation sites is 2. The number of nitrogens with zero attached hydrogens (tertiary/aromatic N) is 2. The average molecular weight is 297 g/mol. The number of nitrogens with one attached hydrogen (secondary N) is 1. The maximum Gasteiger partial charge on any atom is 0.272 e. The monoisotopic (exact) mass is 297 g/mol. The minimum absolute atomic E-state index is 0.0800. The fourth-order valence-corrected chi connectivity index (χ4v) is 3.33. The average Bonchev–Trinajstić information content (AvgIpc) is 3.00. The van der Waals surface area contributed by atoms with Crippen LogP contribution >= 0.6 is 0 Å². The molecule has 5 heteroatoms. The van der Waals surface area contributed by atoms with Crippen molar-refractivity contribution in [2.24, 2.45) is 0 Å². The topological polar surface area (TPSA) is 56.2 Å². The normalized spacial score (nSPS) is 17.3. The second kappa shape index (κ2) is 5.48. The van der Waals surface area contributed by atoms with Gasteiger partial charge in [-0.1, -0.05) is 31.4 Å². The van der Waals surface area contributed by atoms with E-state index < -0.39 is 0 Å². The number of imidazole rings is 1. The van der Waals surface area contributed by atoms with Gasteiger partial charge in [0.05, 0.1) is 11.4 Å². The molecule has 1 aromatic carbocycles. The molecule has 1 fully saturated rings. The van der Waals surface area contributed by atoms with Gasteiger partial charge in [-0.05, 0) is 25.0 Å². The Hall–Kier alpha value is -2.30. The lowest BCUT2D eigenvalue weighted by molar-refractivity contribution is 0.0920. The summed E-state index contributed by atoms with van der Waals surface area (Å²) < 4.78 is 7.70. The summed E-state index contributed by atoms with van der Waals surface area (Å²) >= 11 is 0. The summed E-state index contributed by atoms with van der Waals surface area (Å²) in [5.41, 5.74) is 2.25. The summed E-state index contributed by atoms with van der Waals surface area (Å²) in [6.07, 6.45) is 7.52. The van der Waals surface area contributed by atoms with E-state index in [0.717, 1.165) is 30.0 Å². The van der Waals surface area contributed by atoms with Crippen LogP contribution in [0.3, 0.4) is 0 Å². The van der Waals surface area contributed by atoms with Crippen molar-refractivity contribution in [2.75, 3.05) is 0 Å². The first-order valence-corrected chi connectivity index (χ1v) is 7.92. The zero-order valence-electron chi connectivity index (χ0n) is 12.4. The first kappa shape index (κ1) is 13.4. The molecule has 4 rings (SSSR count). The lowest BCUT2D eigenvalue weighted by Crippen LogP contribution is -2.37. The molecule has 0 unspecified atom stereocenters. The zero-order chi connectivity index (χ0) is 14.9. The SMILES string of the molecule is O=C(NC1CCCCC1)c1ncn2c1COc1ccccc1-2. The largest absolute Gasteiger partial charge is 0.485 e. The summed E-state index contributed by atoms with van der Waals surface area (Å²) in [5.74, 6) is 0.746. The van der Waals surface area contributed by atoms with Crippen LogP contribution in [-0.2, 0) is 6.61 Å². The minimum atomic E-state index is -0.0800. The van der Waals surface area contributed by atoms with E-state index in [1.165, 1.54) is 19.3 Å². The fourth-order valence-electron chi connectivity index (χ4n) is 3.33. The Balaban J connectivity index is 1.60. The lowest BCUT2D eigenvalue weighted by atomic mass is 9.95. The fraction of sp³-hybridized carbons (Fsp3) is 0.412. The number of hydrogen-bond donors (Lipinski definition) is 1. The molecular weight excluding hydrogens is 278 g/mol. The standard InChI is InChI=1S/C17H19N3O2/c21-17(19-12-6-2-1-3-7-12)16-14-10-22-15-9-5-4-8-13(15)20(14)11-18-16/h4-5,8-9,11-12H,1-3,6-7,10H2,(H,19,21). The van der Waals surface area contributed by atoms with Crippen LogP contribution in [0.5, 0.6) is 5.75 Å². The van der Waals surface area contributed by atoms with Crippen LogP contribution in [0.15, 0.2) is 30.6 Å². The Morgan fingerprint density at radius 1 is 1.23 bits per heavy atom. The molecule has 1 N–H and O–H groups in total. The number of fused-ring (bicyclic) bond motifs is 3. The molecule has 22 heavy (non-hydrogen) atoms. The summed E-state index contributed by atoms with van der Waals surface area (Å²) in [4.78, 5) is 16.8. The van der Waals surface area contributed by atoms with Gasteiger partial charge in [0.25, 0.3) is 5.91 Å². The third-order valence-electron chi connectivity index (χ3n) is 4.51. The molecule has 1 aliphatic heterocycles. The molecule has 1 amide bonds. The molecule has 0 atom stereocenters. The zero-order valence-corrected chi connectivity index (χ0v) is 12.4. The van der Waals surface area contributed by atoms with Crippen molar-refractivity contribution in [3.05, 3.63) is 42.0 Å². The number of aromatic nitrogens is 2. The molecule has 1 aliphatic carbocycles. The lowest BCUT2D eigenvalue weighted by Gasteiger charge is -2.23. The molecule has 0 radical (unpaired) electrons. The molecule has 5 nitrogen and oxygen atoms in total. The molecule has 1 aromatic heterocycles. The van der Waals surface area contributed by atoms with Crippen molar-refractivity contribution in [1.82, 2.24) is 14.9 Å². The van der Waals surface area contributed by atoms with Gasteiger partial charge in [-0.2, -0.15) is 0 Å². The molecule has 0 spiro atoms. The van der Waals surface area contributed by atoms with Gasteiger partial charge in [0.1, 0.15) is 18.7 Å². The first-order valence-electron chi connectivity index (χ1n) is 7.92. The quantitative estimate of drug-likeness (QED) is 0.927. The van der Waals surface area contributed by atoms with Crippen LogP contribution in [0.1, 0.15) is 48.3 Å². The Morgan fingerprint density at radius 3 is 2.91 bits per heavy atom. The second-order valence-electron chi connectivity index (χ2n) is 5.97. The van der Waals surface area contributed by atoms with Crippen LogP contribution in [0, 0.1) is 0 Å². The van der Waals surface area contributed by atoms with Crippen LogP contribution in [0.2, 0.25) is 0 Å². The van der Waals surface area contributed by atoms with Crippen molar-refractivity contribution in [3.63, 3.8) is 0 Å². The summed E-state index contributed by atoms with van der Waals surface area (Å²) in [6.45, 7) is 0.379. The highest BCUT2D eigenvalue weighted by molar-refractivity contribution is 5.94. The molecule has 114 valence electrons. The van der Waals surface area contributed by atoms with Crippen LogP contribution in [0.4, 0.5) is 0 Å². The van der Waals surface area contributed by atoms with Gasteiger partial charge in [-0.15, -0.1) is 0 Å². The summed E-state index contributed by atoms with van der Waals surface area (Å²) in [5, 5.41) is 3.13. The van der Waals surface area contributed by atoms with E-state index in [0.29, 0.717) is 12.3 Å². The molecule has 0 saturated heterocycles. The first-order chi connectivity index (χ1) is 10.8. The Kier molecular flexibility index (Phi) is 3.33. The highest BCUT2D eigenvalue weighted by atomic mass is 16.5. The van der Waals surface area contributed by atoms with Crippen LogP contribution in [0.25, 0.3) is 5.69 Å². The van der Waals surface area contributed by atoms with Crippen LogP contribution in [-0.4, -0.2) is 21.5 Å². The Labute approximate surface area is 129 Å². The van der Waals surface area contributed by atoms with Gasteiger partial charge in [-0.3, -0.25) is 9.36 Å². The van der Waals surface area contributed by atoms with Crippen molar-refractivity contribution in [2.45, 2.75) is 44.8 Å². The Bertz CT molecular complexity index is 702. The number of amides is 1. The van der Waals surface area contributed by atoms with E-state index in [9.17, 15) is 4.79 Å². The molecule has 2 aliphatic rings.